The van der Waals surface area contributed by atoms with E-state index in [1.807, 2.05) is 13.8 Å². The van der Waals surface area contributed by atoms with E-state index in [1.165, 1.54) is 12.1 Å². The van der Waals surface area contributed by atoms with Gasteiger partial charge in [0.25, 0.3) is 0 Å². The van der Waals surface area contributed by atoms with E-state index in [2.05, 4.69) is 0 Å². The minimum absolute atomic E-state index is 0.141. The molecule has 11 heteroatoms. The highest BCUT2D eigenvalue weighted by molar-refractivity contribution is 6.13. The predicted octanol–water partition coefficient (Wildman–Crippen LogP) is 5.65. The van der Waals surface area contributed by atoms with Crippen molar-refractivity contribution < 1.29 is 53.7 Å². The van der Waals surface area contributed by atoms with E-state index < -0.39 is 52.0 Å². The fourth-order valence-corrected chi connectivity index (χ4v) is 3.93. The smallest absolute Gasteiger partial charge is 0.373 e. The van der Waals surface area contributed by atoms with Crippen LogP contribution in [0.25, 0.3) is 0 Å². The van der Waals surface area contributed by atoms with Crippen LogP contribution in [0.2, 0.25) is 0 Å². The molecule has 0 fully saturated rings. The van der Waals surface area contributed by atoms with Crippen molar-refractivity contribution in [1.82, 2.24) is 0 Å². The number of ketones is 1. The van der Waals surface area contributed by atoms with Gasteiger partial charge >= 0.3 is 23.9 Å². The lowest BCUT2D eigenvalue weighted by atomic mass is 9.95. The van der Waals surface area contributed by atoms with Gasteiger partial charge in [-0.1, -0.05) is 38.8 Å². The molecule has 0 amide bonds. The van der Waals surface area contributed by atoms with E-state index in [9.17, 15) is 34.2 Å². The number of hydrogen-bond donors (Lipinski definition) is 2. The van der Waals surface area contributed by atoms with Crippen LogP contribution >= 0.6 is 0 Å². The van der Waals surface area contributed by atoms with Crippen molar-refractivity contribution >= 4 is 29.7 Å². The maximum absolute atomic E-state index is 13.1. The second-order valence-electron chi connectivity index (χ2n) is 10.4. The van der Waals surface area contributed by atoms with Crippen molar-refractivity contribution in [2.45, 2.75) is 78.4 Å². The number of carbonyl (C=O) groups excluding carboxylic acids is 3. The van der Waals surface area contributed by atoms with Crippen LogP contribution in [-0.2, 0) is 19.6 Å². The zero-order valence-corrected chi connectivity index (χ0v) is 23.4. The monoisotopic (exact) mass is 558 g/mol. The molecule has 0 aliphatic carbocycles. The molecule has 0 radical (unpaired) electrons. The van der Waals surface area contributed by atoms with Crippen molar-refractivity contribution in [1.29, 1.82) is 0 Å². The largest absolute Gasteiger partial charge is 0.478 e. The highest BCUT2D eigenvalue weighted by Gasteiger charge is 2.27. The zero-order chi connectivity index (χ0) is 30.3. The topological polar surface area (TPSA) is 163 Å². The minimum atomic E-state index is -1.50. The molecular weight excluding hydrogens is 524 g/mol. The summed E-state index contributed by atoms with van der Waals surface area (Å²) in [6.45, 7) is 10.7. The Labute approximate surface area is 231 Å². The molecule has 0 saturated heterocycles. The van der Waals surface area contributed by atoms with Crippen molar-refractivity contribution in [3.8, 4) is 0 Å². The van der Waals surface area contributed by atoms with Crippen LogP contribution < -0.4 is 0 Å². The van der Waals surface area contributed by atoms with Gasteiger partial charge in [-0.25, -0.2) is 19.2 Å². The highest BCUT2D eigenvalue weighted by atomic mass is 17.2. The summed E-state index contributed by atoms with van der Waals surface area (Å²) in [6.07, 6.45) is 2.69. The first-order chi connectivity index (χ1) is 18.6. The third kappa shape index (κ3) is 8.45. The van der Waals surface area contributed by atoms with Crippen LogP contribution in [0.15, 0.2) is 36.4 Å². The Bertz CT molecular complexity index is 1190. The molecule has 0 saturated carbocycles. The standard InChI is InChI=1S/C29H34O11/c1-7-13-28(3,4)39-37-26(35)19-11-9-17(15-21(19)24(31)32)23(30)18-10-12-20(22(16-18)25(33)34)27(36)38-40-29(5,6)14-8-2/h9-12,15-16H,7-8,13-14H2,1-6H3,(H,31,32)(H,33,34). The molecule has 216 valence electrons. The van der Waals surface area contributed by atoms with Gasteiger partial charge in [-0.05, 0) is 64.8 Å². The Morgan fingerprint density at radius 1 is 0.625 bits per heavy atom. The van der Waals surface area contributed by atoms with E-state index >= 15 is 0 Å². The lowest BCUT2D eigenvalue weighted by Gasteiger charge is -2.22. The molecule has 0 aromatic heterocycles. The zero-order valence-electron chi connectivity index (χ0n) is 23.4. The number of carboxylic acid groups (broad SMARTS) is 2. The van der Waals surface area contributed by atoms with Crippen LogP contribution in [0.3, 0.4) is 0 Å². The first-order valence-corrected chi connectivity index (χ1v) is 12.7. The van der Waals surface area contributed by atoms with Crippen LogP contribution in [-0.4, -0.2) is 51.1 Å². The summed E-state index contributed by atoms with van der Waals surface area (Å²) in [5.41, 5.74) is -3.57. The molecule has 40 heavy (non-hydrogen) atoms. The molecule has 11 nitrogen and oxygen atoms in total. The maximum Gasteiger partial charge on any atom is 0.373 e. The predicted molar refractivity (Wildman–Crippen MR) is 141 cm³/mol. The summed E-state index contributed by atoms with van der Waals surface area (Å²) in [5.74, 6) is -5.85. The number of hydrogen-bond acceptors (Lipinski definition) is 9. The summed E-state index contributed by atoms with van der Waals surface area (Å²) in [6, 6.07) is 6.57. The molecule has 0 aliphatic heterocycles. The second kappa shape index (κ2) is 13.3. The van der Waals surface area contributed by atoms with Gasteiger partial charge in [0.05, 0.1) is 22.3 Å². The summed E-state index contributed by atoms with van der Waals surface area (Å²) >= 11 is 0. The van der Waals surface area contributed by atoms with Gasteiger partial charge in [-0.3, -0.25) is 14.6 Å². The van der Waals surface area contributed by atoms with Gasteiger partial charge in [0.2, 0.25) is 0 Å². The number of aromatic carboxylic acids is 2. The SMILES string of the molecule is CCCC(C)(C)OOC(=O)c1ccc(C(=O)c2ccc(C(=O)OOC(C)(C)CCC)c(C(=O)O)c2)cc1C(=O)O. The molecular formula is C29H34O11. The van der Waals surface area contributed by atoms with Crippen molar-refractivity contribution in [2.24, 2.45) is 0 Å². The molecule has 2 aromatic carbocycles. The van der Waals surface area contributed by atoms with E-state index in [-0.39, 0.29) is 22.3 Å². The highest BCUT2D eigenvalue weighted by Crippen LogP contribution is 2.23. The Morgan fingerprint density at radius 3 is 1.27 bits per heavy atom. The molecule has 0 bridgehead atoms. The van der Waals surface area contributed by atoms with Gasteiger partial charge in [0, 0.05) is 11.1 Å². The molecule has 2 aromatic rings. The number of benzene rings is 2. The molecule has 0 unspecified atom stereocenters. The first-order valence-electron chi connectivity index (χ1n) is 12.7. The van der Waals surface area contributed by atoms with Crippen molar-refractivity contribution in [3.05, 3.63) is 69.8 Å². The Morgan fingerprint density at radius 2 is 0.975 bits per heavy atom. The first kappa shape index (κ1) is 32.1. The number of carboxylic acids is 2. The van der Waals surface area contributed by atoms with Crippen LogP contribution in [0, 0.1) is 0 Å². The van der Waals surface area contributed by atoms with Gasteiger partial charge < -0.3 is 10.2 Å². The fourth-order valence-electron chi connectivity index (χ4n) is 3.93. The van der Waals surface area contributed by atoms with Crippen molar-refractivity contribution in [2.75, 3.05) is 0 Å². The molecule has 2 rings (SSSR count). The van der Waals surface area contributed by atoms with E-state index in [0.29, 0.717) is 12.8 Å². The molecule has 0 aliphatic rings. The minimum Gasteiger partial charge on any atom is -0.478 e. The van der Waals surface area contributed by atoms with Crippen LogP contribution in [0.1, 0.15) is 125 Å². The summed E-state index contributed by atoms with van der Waals surface area (Å²) < 4.78 is 0. The van der Waals surface area contributed by atoms with Crippen molar-refractivity contribution in [3.63, 3.8) is 0 Å². The molecule has 0 atom stereocenters. The Balaban J connectivity index is 2.34. The third-order valence-corrected chi connectivity index (χ3v) is 5.85. The third-order valence-electron chi connectivity index (χ3n) is 5.85. The normalized spacial score (nSPS) is 11.6. The quantitative estimate of drug-likeness (QED) is 0.167. The summed E-state index contributed by atoms with van der Waals surface area (Å²) in [5, 5.41) is 19.3. The number of carbonyl (C=O) groups is 5. The van der Waals surface area contributed by atoms with Gasteiger partial charge in [-0.15, -0.1) is 0 Å². The summed E-state index contributed by atoms with van der Waals surface area (Å²) in [7, 11) is 0. The van der Waals surface area contributed by atoms with E-state index in [4.69, 9.17) is 19.6 Å². The lowest BCUT2D eigenvalue weighted by molar-refractivity contribution is -0.308. The van der Waals surface area contributed by atoms with Crippen LogP contribution in [0.5, 0.6) is 0 Å². The maximum atomic E-state index is 13.1. The molecule has 0 spiro atoms. The molecule has 2 N–H and O–H groups in total. The van der Waals surface area contributed by atoms with E-state index in [1.54, 1.807) is 27.7 Å². The summed E-state index contributed by atoms with van der Waals surface area (Å²) in [4.78, 5) is 82.0. The van der Waals surface area contributed by atoms with E-state index in [0.717, 1.165) is 37.1 Å². The Hall–Kier alpha value is -4.09. The van der Waals surface area contributed by atoms with Gasteiger partial charge in [0.1, 0.15) is 11.2 Å². The van der Waals surface area contributed by atoms with Gasteiger partial charge in [0.15, 0.2) is 5.78 Å². The Kier molecular flexibility index (Phi) is 10.7. The fraction of sp³-hybridized carbons (Fsp3) is 0.414. The molecule has 0 heterocycles. The van der Waals surface area contributed by atoms with Crippen LogP contribution in [0.4, 0.5) is 0 Å². The average Bonchev–Trinajstić information content (AvgIpc) is 2.89. The second-order valence-corrected chi connectivity index (χ2v) is 10.4. The average molecular weight is 559 g/mol. The number of rotatable bonds is 14. The lowest BCUT2D eigenvalue weighted by Crippen LogP contribution is -2.26. The van der Waals surface area contributed by atoms with Gasteiger partial charge in [-0.2, -0.15) is 9.78 Å².